The maximum absolute atomic E-state index is 12.6. The molecular formula is C24H19Cl2N5O3S2. The van der Waals surface area contributed by atoms with Crippen molar-refractivity contribution in [2.45, 2.75) is 20.4 Å². The molecule has 184 valence electrons. The molecule has 2 amide bonds. The highest BCUT2D eigenvalue weighted by Crippen LogP contribution is 2.40. The summed E-state index contributed by atoms with van der Waals surface area (Å²) in [5.41, 5.74) is 5.50. The highest BCUT2D eigenvalue weighted by molar-refractivity contribution is 7.16. The first kappa shape index (κ1) is 25.8. The van der Waals surface area contributed by atoms with Crippen molar-refractivity contribution >= 4 is 63.4 Å². The summed E-state index contributed by atoms with van der Waals surface area (Å²) in [6.45, 7) is 3.72. The lowest BCUT2D eigenvalue weighted by atomic mass is 10.1. The number of amides is 2. The van der Waals surface area contributed by atoms with Crippen molar-refractivity contribution in [3.05, 3.63) is 84.9 Å². The quantitative estimate of drug-likeness (QED) is 0.199. The molecule has 0 radical (unpaired) electrons. The van der Waals surface area contributed by atoms with Crippen LogP contribution in [0.15, 0.2) is 53.2 Å². The van der Waals surface area contributed by atoms with Gasteiger partial charge in [-0.1, -0.05) is 29.3 Å². The summed E-state index contributed by atoms with van der Waals surface area (Å²) < 4.78 is 0. The lowest BCUT2D eigenvalue weighted by Crippen LogP contribution is -2.22. The summed E-state index contributed by atoms with van der Waals surface area (Å²) in [5.74, 6) is -0.761. The predicted molar refractivity (Wildman–Crippen MR) is 143 cm³/mol. The molecule has 4 rings (SSSR count). The molecule has 0 saturated heterocycles. The van der Waals surface area contributed by atoms with Crippen LogP contribution >= 0.6 is 45.9 Å². The van der Waals surface area contributed by atoms with Gasteiger partial charge in [-0.05, 0) is 43.7 Å². The van der Waals surface area contributed by atoms with E-state index in [-0.39, 0.29) is 18.2 Å². The minimum Gasteiger partial charge on any atom is -0.506 e. The molecule has 12 heteroatoms. The molecule has 0 spiro atoms. The SMILES string of the molecule is C/C(=N\NC(=O)c1ccc(C(=O)NCc2cnc(C)cn2)s1)c1csc(-c2ccc(Cl)c(Cl)c2)c1O. The molecule has 4 aromatic rings. The van der Waals surface area contributed by atoms with Gasteiger partial charge in [0.15, 0.2) is 0 Å². The smallest absolute Gasteiger partial charge is 0.281 e. The second-order valence-electron chi connectivity index (χ2n) is 7.59. The van der Waals surface area contributed by atoms with Gasteiger partial charge < -0.3 is 10.4 Å². The van der Waals surface area contributed by atoms with Crippen molar-refractivity contribution in [3.63, 3.8) is 0 Å². The van der Waals surface area contributed by atoms with Crippen LogP contribution in [0.25, 0.3) is 10.4 Å². The highest BCUT2D eigenvalue weighted by atomic mass is 35.5. The molecule has 0 atom stereocenters. The van der Waals surface area contributed by atoms with Gasteiger partial charge in [0.25, 0.3) is 11.8 Å². The maximum atomic E-state index is 12.6. The molecule has 3 N–H and O–H groups in total. The van der Waals surface area contributed by atoms with Crippen LogP contribution in [0.2, 0.25) is 10.0 Å². The number of halogens is 2. The van der Waals surface area contributed by atoms with Gasteiger partial charge in [-0.2, -0.15) is 5.10 Å². The van der Waals surface area contributed by atoms with E-state index in [0.29, 0.717) is 47.2 Å². The van der Waals surface area contributed by atoms with Crippen molar-refractivity contribution in [2.24, 2.45) is 5.10 Å². The van der Waals surface area contributed by atoms with E-state index in [1.54, 1.807) is 55.0 Å². The number of carbonyl (C=O) groups excluding carboxylic acids is 2. The van der Waals surface area contributed by atoms with Crippen LogP contribution < -0.4 is 10.7 Å². The van der Waals surface area contributed by atoms with E-state index in [9.17, 15) is 14.7 Å². The van der Waals surface area contributed by atoms with Crippen LogP contribution in [0.4, 0.5) is 0 Å². The van der Waals surface area contributed by atoms with Gasteiger partial charge in [-0.3, -0.25) is 19.6 Å². The van der Waals surface area contributed by atoms with Crippen molar-refractivity contribution < 1.29 is 14.7 Å². The van der Waals surface area contributed by atoms with Crippen LogP contribution in [0.5, 0.6) is 5.75 Å². The fourth-order valence-electron chi connectivity index (χ4n) is 3.05. The molecule has 0 fully saturated rings. The van der Waals surface area contributed by atoms with Crippen LogP contribution in [-0.4, -0.2) is 32.6 Å². The number of hydrazone groups is 1. The Kier molecular flexibility index (Phi) is 8.00. The van der Waals surface area contributed by atoms with Crippen LogP contribution in [0.1, 0.15) is 43.2 Å². The van der Waals surface area contributed by atoms with Crippen molar-refractivity contribution in [1.82, 2.24) is 20.7 Å². The first-order valence-corrected chi connectivity index (χ1v) is 12.9. The summed E-state index contributed by atoms with van der Waals surface area (Å²) in [6.07, 6.45) is 3.23. The minimum atomic E-state index is -0.470. The molecule has 8 nitrogen and oxygen atoms in total. The third-order valence-electron chi connectivity index (χ3n) is 4.98. The number of rotatable bonds is 7. The Morgan fingerprint density at radius 1 is 1.06 bits per heavy atom. The molecule has 0 aliphatic rings. The Morgan fingerprint density at radius 2 is 1.81 bits per heavy atom. The molecule has 0 saturated carbocycles. The summed E-state index contributed by atoms with van der Waals surface area (Å²) >= 11 is 14.4. The Labute approximate surface area is 224 Å². The summed E-state index contributed by atoms with van der Waals surface area (Å²) in [4.78, 5) is 34.6. The Morgan fingerprint density at radius 3 is 2.50 bits per heavy atom. The van der Waals surface area contributed by atoms with E-state index in [0.717, 1.165) is 17.0 Å². The first-order valence-electron chi connectivity index (χ1n) is 10.5. The molecule has 0 bridgehead atoms. The number of hydrogen-bond donors (Lipinski definition) is 3. The molecule has 0 unspecified atom stereocenters. The van der Waals surface area contributed by atoms with Gasteiger partial charge in [-0.15, -0.1) is 22.7 Å². The lowest BCUT2D eigenvalue weighted by molar-refractivity contribution is 0.0949. The average molecular weight is 560 g/mol. The van der Waals surface area contributed by atoms with E-state index in [1.807, 2.05) is 6.92 Å². The molecule has 1 aromatic carbocycles. The fourth-order valence-corrected chi connectivity index (χ4v) is 5.16. The average Bonchev–Trinajstić information content (AvgIpc) is 3.51. The maximum Gasteiger partial charge on any atom is 0.281 e. The second kappa shape index (κ2) is 11.2. The zero-order valence-electron chi connectivity index (χ0n) is 19.0. The zero-order valence-corrected chi connectivity index (χ0v) is 22.1. The Balaban J connectivity index is 1.39. The number of aromatic hydroxyl groups is 1. The minimum absolute atomic E-state index is 0.0298. The van der Waals surface area contributed by atoms with E-state index in [4.69, 9.17) is 23.2 Å². The van der Waals surface area contributed by atoms with Gasteiger partial charge in [-0.25, -0.2) is 5.43 Å². The van der Waals surface area contributed by atoms with Crippen molar-refractivity contribution in [3.8, 4) is 16.2 Å². The summed E-state index contributed by atoms with van der Waals surface area (Å²) in [7, 11) is 0. The zero-order chi connectivity index (χ0) is 25.8. The monoisotopic (exact) mass is 559 g/mol. The van der Waals surface area contributed by atoms with E-state index in [1.165, 1.54) is 11.3 Å². The number of aromatic nitrogens is 2. The first-order chi connectivity index (χ1) is 17.2. The highest BCUT2D eigenvalue weighted by Gasteiger charge is 2.17. The van der Waals surface area contributed by atoms with Crippen LogP contribution in [0, 0.1) is 6.92 Å². The van der Waals surface area contributed by atoms with E-state index in [2.05, 4.69) is 25.8 Å². The van der Waals surface area contributed by atoms with Crippen LogP contribution in [0.3, 0.4) is 0 Å². The van der Waals surface area contributed by atoms with Gasteiger partial charge >= 0.3 is 0 Å². The molecule has 3 aromatic heterocycles. The fraction of sp³-hybridized carbons (Fsp3) is 0.125. The van der Waals surface area contributed by atoms with E-state index >= 15 is 0 Å². The molecular weight excluding hydrogens is 541 g/mol. The summed E-state index contributed by atoms with van der Waals surface area (Å²) in [5, 5.41) is 20.1. The number of hydrogen-bond acceptors (Lipinski definition) is 8. The standard InChI is InChI=1S/C24H19Cl2N5O3S2/c1-12-8-28-15(9-27-12)10-29-23(33)19-5-6-20(36-19)24(34)31-30-13(2)16-11-35-22(21(16)32)14-3-4-17(25)18(26)7-14/h3-9,11,32H,10H2,1-2H3,(H,29,33)(H,31,34)/b30-13+. The second-order valence-corrected chi connectivity index (χ2v) is 10.4. The predicted octanol–water partition coefficient (Wildman–Crippen LogP) is 5.67. The Hall–Kier alpha value is -3.31. The third-order valence-corrected chi connectivity index (χ3v) is 7.82. The third kappa shape index (κ3) is 5.90. The summed E-state index contributed by atoms with van der Waals surface area (Å²) in [6, 6.07) is 8.21. The number of nitrogens with zero attached hydrogens (tertiary/aromatic N) is 3. The van der Waals surface area contributed by atoms with E-state index < -0.39 is 5.91 Å². The molecule has 0 aliphatic carbocycles. The number of nitrogens with one attached hydrogen (secondary N) is 2. The topological polar surface area (TPSA) is 117 Å². The molecule has 0 aliphatic heterocycles. The molecule has 36 heavy (non-hydrogen) atoms. The Bertz CT molecular complexity index is 1460. The number of aryl methyl sites for hydroxylation is 1. The van der Waals surface area contributed by atoms with Crippen molar-refractivity contribution in [2.75, 3.05) is 0 Å². The van der Waals surface area contributed by atoms with Gasteiger partial charge in [0.05, 0.1) is 60.1 Å². The van der Waals surface area contributed by atoms with Gasteiger partial charge in [0, 0.05) is 11.6 Å². The largest absolute Gasteiger partial charge is 0.506 e. The molecule has 3 heterocycles. The normalized spacial score (nSPS) is 11.4. The number of thiophene rings is 2. The lowest BCUT2D eigenvalue weighted by Gasteiger charge is -2.04. The number of benzene rings is 1. The van der Waals surface area contributed by atoms with Crippen molar-refractivity contribution in [1.29, 1.82) is 0 Å². The number of carbonyl (C=O) groups is 2. The van der Waals surface area contributed by atoms with Gasteiger partial charge in [0.2, 0.25) is 0 Å². The van der Waals surface area contributed by atoms with Gasteiger partial charge in [0.1, 0.15) is 5.75 Å². The van der Waals surface area contributed by atoms with Crippen LogP contribution in [-0.2, 0) is 6.54 Å².